The van der Waals surface area contributed by atoms with Gasteiger partial charge in [-0.2, -0.15) is 4.98 Å². The third-order valence-corrected chi connectivity index (χ3v) is 4.61. The summed E-state index contributed by atoms with van der Waals surface area (Å²) >= 11 is 5.83. The van der Waals surface area contributed by atoms with Crippen LogP contribution in [0.15, 0.2) is 22.9 Å². The molecule has 2 heterocycles. The normalized spacial score (nSPS) is 26.0. The van der Waals surface area contributed by atoms with E-state index in [2.05, 4.69) is 22.0 Å². The van der Waals surface area contributed by atoms with E-state index in [1.165, 1.54) is 6.42 Å². The van der Waals surface area contributed by atoms with Crippen molar-refractivity contribution in [2.45, 2.75) is 44.6 Å². The molecule has 6 heteroatoms. The maximum absolute atomic E-state index is 6.48. The Hall–Kier alpha value is -1.46. The van der Waals surface area contributed by atoms with E-state index in [0.29, 0.717) is 22.4 Å². The van der Waals surface area contributed by atoms with Crippen LogP contribution in [0.2, 0.25) is 5.02 Å². The molecule has 5 nitrogen and oxygen atoms in total. The van der Waals surface area contributed by atoms with E-state index in [9.17, 15) is 0 Å². The highest BCUT2D eigenvalue weighted by Gasteiger charge is 2.37. The fraction of sp³-hybridized carbons (Fsp3) is 0.533. The van der Waals surface area contributed by atoms with Gasteiger partial charge in [-0.25, -0.2) is 0 Å². The molecule has 1 aliphatic carbocycles. The highest BCUT2D eigenvalue weighted by molar-refractivity contribution is 6.30. The Bertz CT molecular complexity index is 602. The molecule has 0 aliphatic heterocycles. The van der Waals surface area contributed by atoms with Crippen LogP contribution in [0.3, 0.4) is 0 Å². The van der Waals surface area contributed by atoms with Gasteiger partial charge in [-0.3, -0.25) is 4.98 Å². The van der Waals surface area contributed by atoms with E-state index in [1.807, 2.05) is 0 Å². The van der Waals surface area contributed by atoms with E-state index < -0.39 is 5.54 Å². The van der Waals surface area contributed by atoms with Crippen molar-refractivity contribution in [2.24, 2.45) is 11.7 Å². The van der Waals surface area contributed by atoms with Gasteiger partial charge < -0.3 is 10.3 Å². The van der Waals surface area contributed by atoms with Crippen molar-refractivity contribution in [1.29, 1.82) is 0 Å². The lowest BCUT2D eigenvalue weighted by molar-refractivity contribution is 0.181. The van der Waals surface area contributed by atoms with Crippen molar-refractivity contribution in [3.05, 3.63) is 29.2 Å². The zero-order valence-corrected chi connectivity index (χ0v) is 12.8. The minimum Gasteiger partial charge on any atom is -0.337 e. The van der Waals surface area contributed by atoms with E-state index in [1.54, 1.807) is 18.3 Å². The molecule has 0 aromatic carbocycles. The summed E-state index contributed by atoms with van der Waals surface area (Å²) in [5, 5.41) is 4.58. The van der Waals surface area contributed by atoms with Crippen LogP contribution in [-0.4, -0.2) is 15.1 Å². The van der Waals surface area contributed by atoms with Gasteiger partial charge in [0.25, 0.3) is 0 Å². The molecule has 112 valence electrons. The summed E-state index contributed by atoms with van der Waals surface area (Å²) in [6.07, 6.45) is 6.79. The highest BCUT2D eigenvalue weighted by atomic mass is 35.5. The molecule has 1 fully saturated rings. The van der Waals surface area contributed by atoms with Gasteiger partial charge in [-0.15, -0.1) is 0 Å². The largest absolute Gasteiger partial charge is 0.337 e. The summed E-state index contributed by atoms with van der Waals surface area (Å²) in [5.74, 6) is 1.75. The van der Waals surface area contributed by atoms with Crippen molar-refractivity contribution in [1.82, 2.24) is 15.1 Å². The summed E-state index contributed by atoms with van der Waals surface area (Å²) in [5.41, 5.74) is 6.62. The Morgan fingerprint density at radius 2 is 2.14 bits per heavy atom. The SMILES string of the molecule is CCC1CCC(N)(c2nc(-c3ccc(Cl)cn3)no2)CC1. The average Bonchev–Trinajstić information content (AvgIpc) is 2.99. The predicted molar refractivity (Wildman–Crippen MR) is 80.7 cm³/mol. The molecule has 1 aliphatic rings. The van der Waals surface area contributed by atoms with Gasteiger partial charge in [0.05, 0.1) is 10.6 Å². The molecule has 0 saturated heterocycles. The standard InChI is InChI=1S/C15H19ClN4O/c1-2-10-5-7-15(17,8-6-10)14-19-13(20-21-14)12-4-3-11(16)9-18-12/h3-4,9-10H,2,5-8,17H2,1H3. The molecule has 2 aromatic heterocycles. The second-order valence-electron chi connectivity index (χ2n) is 5.79. The zero-order chi connectivity index (χ0) is 14.9. The fourth-order valence-corrected chi connectivity index (χ4v) is 2.96. The van der Waals surface area contributed by atoms with E-state index in [-0.39, 0.29) is 0 Å². The summed E-state index contributed by atoms with van der Waals surface area (Å²) in [7, 11) is 0. The minimum atomic E-state index is -0.497. The molecule has 2 N–H and O–H groups in total. The molecule has 2 aromatic rings. The predicted octanol–water partition coefficient (Wildman–Crippen LogP) is 3.54. The lowest BCUT2D eigenvalue weighted by Gasteiger charge is -2.33. The minimum absolute atomic E-state index is 0.462. The third kappa shape index (κ3) is 2.94. The van der Waals surface area contributed by atoms with Crippen LogP contribution >= 0.6 is 11.6 Å². The van der Waals surface area contributed by atoms with Crippen LogP contribution in [0.1, 0.15) is 44.9 Å². The second-order valence-corrected chi connectivity index (χ2v) is 6.23. The van der Waals surface area contributed by atoms with E-state index in [0.717, 1.165) is 31.6 Å². The Labute approximate surface area is 128 Å². The van der Waals surface area contributed by atoms with Crippen LogP contribution in [0, 0.1) is 5.92 Å². The van der Waals surface area contributed by atoms with Crippen molar-refractivity contribution in [2.75, 3.05) is 0 Å². The molecule has 21 heavy (non-hydrogen) atoms. The lowest BCUT2D eigenvalue weighted by atomic mass is 9.76. The molecule has 3 rings (SSSR count). The van der Waals surface area contributed by atoms with Crippen LogP contribution in [0.4, 0.5) is 0 Å². The van der Waals surface area contributed by atoms with Gasteiger partial charge in [0.15, 0.2) is 0 Å². The number of pyridine rings is 1. The Balaban J connectivity index is 1.80. The van der Waals surface area contributed by atoms with Crippen LogP contribution in [-0.2, 0) is 5.54 Å². The van der Waals surface area contributed by atoms with E-state index >= 15 is 0 Å². The van der Waals surface area contributed by atoms with Gasteiger partial charge in [0, 0.05) is 6.20 Å². The summed E-state index contributed by atoms with van der Waals surface area (Å²) < 4.78 is 5.40. The first-order chi connectivity index (χ1) is 10.1. The summed E-state index contributed by atoms with van der Waals surface area (Å²) in [4.78, 5) is 8.65. The molecule has 0 atom stereocenters. The molecule has 1 saturated carbocycles. The zero-order valence-electron chi connectivity index (χ0n) is 12.1. The van der Waals surface area contributed by atoms with Crippen LogP contribution in [0.25, 0.3) is 11.5 Å². The maximum Gasteiger partial charge on any atom is 0.247 e. The summed E-state index contributed by atoms with van der Waals surface area (Å²) in [6.45, 7) is 2.23. The van der Waals surface area contributed by atoms with Crippen molar-refractivity contribution in [3.8, 4) is 11.5 Å². The van der Waals surface area contributed by atoms with E-state index in [4.69, 9.17) is 21.9 Å². The van der Waals surface area contributed by atoms with Gasteiger partial charge in [-0.05, 0) is 43.7 Å². The first kappa shape index (κ1) is 14.5. The Morgan fingerprint density at radius 1 is 1.38 bits per heavy atom. The third-order valence-electron chi connectivity index (χ3n) is 4.38. The molecule has 0 radical (unpaired) electrons. The van der Waals surface area contributed by atoms with Crippen molar-refractivity contribution in [3.63, 3.8) is 0 Å². The highest BCUT2D eigenvalue weighted by Crippen LogP contribution is 2.38. The number of hydrogen-bond acceptors (Lipinski definition) is 5. The quantitative estimate of drug-likeness (QED) is 0.938. The van der Waals surface area contributed by atoms with Crippen LogP contribution in [0.5, 0.6) is 0 Å². The molecule has 0 bridgehead atoms. The summed E-state index contributed by atoms with van der Waals surface area (Å²) in [6, 6.07) is 3.53. The molecule has 0 spiro atoms. The van der Waals surface area contributed by atoms with Gasteiger partial charge in [-0.1, -0.05) is 30.1 Å². The lowest BCUT2D eigenvalue weighted by Crippen LogP contribution is -2.40. The molecule has 0 unspecified atom stereocenters. The maximum atomic E-state index is 6.48. The monoisotopic (exact) mass is 306 g/mol. The van der Waals surface area contributed by atoms with Gasteiger partial charge >= 0.3 is 0 Å². The van der Waals surface area contributed by atoms with Crippen molar-refractivity contribution >= 4 is 11.6 Å². The Morgan fingerprint density at radius 3 is 2.76 bits per heavy atom. The number of halogens is 1. The number of rotatable bonds is 3. The smallest absolute Gasteiger partial charge is 0.247 e. The first-order valence-electron chi connectivity index (χ1n) is 7.36. The molecular formula is C15H19ClN4O. The van der Waals surface area contributed by atoms with Crippen molar-refractivity contribution < 1.29 is 4.52 Å². The molecular weight excluding hydrogens is 288 g/mol. The average molecular weight is 307 g/mol. The Kier molecular flexibility index (Phi) is 3.95. The van der Waals surface area contributed by atoms with Gasteiger partial charge in [0.2, 0.25) is 11.7 Å². The number of hydrogen-bond donors (Lipinski definition) is 1. The molecule has 0 amide bonds. The van der Waals surface area contributed by atoms with Crippen LogP contribution < -0.4 is 5.73 Å². The number of nitrogens with zero attached hydrogens (tertiary/aromatic N) is 3. The van der Waals surface area contributed by atoms with Gasteiger partial charge in [0.1, 0.15) is 5.69 Å². The number of aromatic nitrogens is 3. The second kappa shape index (κ2) is 5.73. The number of nitrogens with two attached hydrogens (primary N) is 1. The first-order valence-corrected chi connectivity index (χ1v) is 7.73. The fourth-order valence-electron chi connectivity index (χ4n) is 2.85. The topological polar surface area (TPSA) is 77.8 Å².